The molecule has 0 amide bonds. The summed E-state index contributed by atoms with van der Waals surface area (Å²) in [5, 5.41) is 0. The van der Waals surface area contributed by atoms with Crippen molar-refractivity contribution < 1.29 is 0 Å². The molecule has 0 fully saturated rings. The lowest BCUT2D eigenvalue weighted by molar-refractivity contribution is 0.670. The molecule has 0 aromatic carbocycles. The van der Waals surface area contributed by atoms with E-state index < -0.39 is 0 Å². The first-order valence-corrected chi connectivity index (χ1v) is 7.15. The van der Waals surface area contributed by atoms with Crippen LogP contribution in [-0.4, -0.2) is 18.1 Å². The van der Waals surface area contributed by atoms with Crippen LogP contribution in [0.15, 0.2) is 18.3 Å². The van der Waals surface area contributed by atoms with Gasteiger partial charge in [-0.1, -0.05) is 32.8 Å². The van der Waals surface area contributed by atoms with E-state index >= 15 is 0 Å². The van der Waals surface area contributed by atoms with Gasteiger partial charge in [-0.2, -0.15) is 0 Å². The van der Waals surface area contributed by atoms with E-state index in [1.165, 1.54) is 25.7 Å². The predicted molar refractivity (Wildman–Crippen MR) is 78.9 cm³/mol. The SMILES string of the molecule is CCCCN(CCCC)c1ccc([C@H](C)N)cn1. The monoisotopic (exact) mass is 249 g/mol. The maximum atomic E-state index is 5.85. The van der Waals surface area contributed by atoms with E-state index in [0.29, 0.717) is 0 Å². The number of hydrogen-bond donors (Lipinski definition) is 1. The summed E-state index contributed by atoms with van der Waals surface area (Å²) in [6, 6.07) is 4.26. The van der Waals surface area contributed by atoms with E-state index in [9.17, 15) is 0 Å². The van der Waals surface area contributed by atoms with Crippen molar-refractivity contribution in [1.82, 2.24) is 4.98 Å². The third-order valence-electron chi connectivity index (χ3n) is 3.18. The first kappa shape index (κ1) is 15.0. The molecule has 18 heavy (non-hydrogen) atoms. The minimum absolute atomic E-state index is 0.0614. The Balaban J connectivity index is 2.70. The molecule has 0 aliphatic carbocycles. The van der Waals surface area contributed by atoms with Gasteiger partial charge >= 0.3 is 0 Å². The standard InChI is InChI=1S/C15H27N3/c1-4-6-10-18(11-7-5-2)15-9-8-14(12-17-15)13(3)16/h8-9,12-13H,4-7,10-11,16H2,1-3H3/t13-/m0/s1. The normalized spacial score (nSPS) is 12.4. The van der Waals surface area contributed by atoms with Gasteiger partial charge in [0.15, 0.2) is 0 Å². The number of pyridine rings is 1. The van der Waals surface area contributed by atoms with Crippen LogP contribution in [0, 0.1) is 0 Å². The second-order valence-electron chi connectivity index (χ2n) is 4.93. The maximum Gasteiger partial charge on any atom is 0.128 e. The van der Waals surface area contributed by atoms with Crippen LogP contribution in [0.3, 0.4) is 0 Å². The topological polar surface area (TPSA) is 42.1 Å². The largest absolute Gasteiger partial charge is 0.357 e. The Morgan fingerprint density at radius 3 is 2.17 bits per heavy atom. The Bertz CT molecular complexity index is 311. The van der Waals surface area contributed by atoms with Crippen molar-refractivity contribution in [3.63, 3.8) is 0 Å². The van der Waals surface area contributed by atoms with Crippen molar-refractivity contribution >= 4 is 5.82 Å². The lowest BCUT2D eigenvalue weighted by Crippen LogP contribution is -2.26. The molecule has 0 aliphatic rings. The number of unbranched alkanes of at least 4 members (excludes halogenated alkanes) is 2. The second kappa shape index (κ2) is 8.09. The van der Waals surface area contributed by atoms with Crippen molar-refractivity contribution in [3.05, 3.63) is 23.9 Å². The number of nitrogens with zero attached hydrogens (tertiary/aromatic N) is 2. The second-order valence-corrected chi connectivity index (χ2v) is 4.93. The quantitative estimate of drug-likeness (QED) is 0.766. The average Bonchev–Trinajstić information content (AvgIpc) is 2.39. The molecule has 1 aromatic heterocycles. The number of nitrogens with two attached hydrogens (primary N) is 1. The highest BCUT2D eigenvalue weighted by Crippen LogP contribution is 2.16. The summed E-state index contributed by atoms with van der Waals surface area (Å²) < 4.78 is 0. The van der Waals surface area contributed by atoms with Gasteiger partial charge in [-0.3, -0.25) is 0 Å². The summed E-state index contributed by atoms with van der Waals surface area (Å²) in [5.74, 6) is 1.08. The third-order valence-corrected chi connectivity index (χ3v) is 3.18. The molecule has 0 radical (unpaired) electrons. The molecule has 2 N–H and O–H groups in total. The summed E-state index contributed by atoms with van der Waals surface area (Å²) in [6.07, 6.45) is 6.80. The molecule has 0 unspecified atom stereocenters. The Kier molecular flexibility index (Phi) is 6.73. The fraction of sp³-hybridized carbons (Fsp3) is 0.667. The molecule has 0 aliphatic heterocycles. The fourth-order valence-electron chi connectivity index (χ4n) is 1.89. The van der Waals surface area contributed by atoms with Crippen LogP contribution < -0.4 is 10.6 Å². The molecule has 0 saturated carbocycles. The van der Waals surface area contributed by atoms with Crippen molar-refractivity contribution in [3.8, 4) is 0 Å². The lowest BCUT2D eigenvalue weighted by Gasteiger charge is -2.23. The van der Waals surface area contributed by atoms with Gasteiger partial charge in [-0.25, -0.2) is 4.98 Å². The van der Waals surface area contributed by atoms with Crippen molar-refractivity contribution in [2.24, 2.45) is 5.73 Å². The van der Waals surface area contributed by atoms with Crippen LogP contribution in [0.4, 0.5) is 5.82 Å². The fourth-order valence-corrected chi connectivity index (χ4v) is 1.89. The molecule has 1 heterocycles. The first-order valence-electron chi connectivity index (χ1n) is 7.15. The molecular weight excluding hydrogens is 222 g/mol. The molecule has 0 spiro atoms. The highest BCUT2D eigenvalue weighted by atomic mass is 15.2. The summed E-state index contributed by atoms with van der Waals surface area (Å²) in [6.45, 7) is 8.64. The molecule has 1 atom stereocenters. The Hall–Kier alpha value is -1.09. The molecule has 3 heteroatoms. The molecule has 0 bridgehead atoms. The number of hydrogen-bond acceptors (Lipinski definition) is 3. The predicted octanol–water partition coefficient (Wildman–Crippen LogP) is 3.51. The van der Waals surface area contributed by atoms with Gasteiger partial charge in [0.2, 0.25) is 0 Å². The number of rotatable bonds is 8. The van der Waals surface area contributed by atoms with E-state index in [4.69, 9.17) is 5.73 Å². The van der Waals surface area contributed by atoms with Gasteiger partial charge in [0.05, 0.1) is 0 Å². The molecule has 3 nitrogen and oxygen atoms in total. The van der Waals surface area contributed by atoms with Crippen LogP contribution >= 0.6 is 0 Å². The van der Waals surface area contributed by atoms with Crippen LogP contribution in [0.2, 0.25) is 0 Å². The summed E-state index contributed by atoms with van der Waals surface area (Å²) in [7, 11) is 0. The smallest absolute Gasteiger partial charge is 0.128 e. The van der Waals surface area contributed by atoms with Crippen LogP contribution in [0.25, 0.3) is 0 Å². The van der Waals surface area contributed by atoms with Gasteiger partial charge < -0.3 is 10.6 Å². The van der Waals surface area contributed by atoms with Gasteiger partial charge in [-0.05, 0) is 31.4 Å². The zero-order valence-corrected chi connectivity index (χ0v) is 12.0. The van der Waals surface area contributed by atoms with E-state index in [0.717, 1.165) is 24.5 Å². The summed E-state index contributed by atoms with van der Waals surface area (Å²) in [5.41, 5.74) is 6.95. The first-order chi connectivity index (χ1) is 8.69. The summed E-state index contributed by atoms with van der Waals surface area (Å²) in [4.78, 5) is 6.94. The lowest BCUT2D eigenvalue weighted by atomic mass is 10.1. The molecule has 0 saturated heterocycles. The van der Waals surface area contributed by atoms with Crippen LogP contribution in [-0.2, 0) is 0 Å². The minimum Gasteiger partial charge on any atom is -0.357 e. The Morgan fingerprint density at radius 1 is 1.17 bits per heavy atom. The van der Waals surface area contributed by atoms with Crippen molar-refractivity contribution in [1.29, 1.82) is 0 Å². The average molecular weight is 249 g/mol. The molecule has 1 rings (SSSR count). The Morgan fingerprint density at radius 2 is 1.78 bits per heavy atom. The van der Waals surface area contributed by atoms with Crippen LogP contribution in [0.1, 0.15) is 58.1 Å². The van der Waals surface area contributed by atoms with E-state index in [-0.39, 0.29) is 6.04 Å². The minimum atomic E-state index is 0.0614. The number of aromatic nitrogens is 1. The third kappa shape index (κ3) is 4.65. The van der Waals surface area contributed by atoms with E-state index in [1.807, 2.05) is 13.1 Å². The Labute approximate surface area is 111 Å². The van der Waals surface area contributed by atoms with Gasteiger partial charge in [-0.15, -0.1) is 0 Å². The van der Waals surface area contributed by atoms with Crippen molar-refractivity contribution in [2.75, 3.05) is 18.0 Å². The zero-order chi connectivity index (χ0) is 13.4. The highest BCUT2D eigenvalue weighted by molar-refractivity contribution is 5.39. The molecule has 102 valence electrons. The van der Waals surface area contributed by atoms with Crippen LogP contribution in [0.5, 0.6) is 0 Å². The van der Waals surface area contributed by atoms with E-state index in [1.54, 1.807) is 0 Å². The van der Waals surface area contributed by atoms with Gasteiger partial charge in [0, 0.05) is 25.3 Å². The van der Waals surface area contributed by atoms with Gasteiger partial charge in [0.25, 0.3) is 0 Å². The number of anilines is 1. The zero-order valence-electron chi connectivity index (χ0n) is 12.0. The van der Waals surface area contributed by atoms with E-state index in [2.05, 4.69) is 35.9 Å². The summed E-state index contributed by atoms with van der Waals surface area (Å²) >= 11 is 0. The molecule has 1 aromatic rings. The van der Waals surface area contributed by atoms with Crippen molar-refractivity contribution in [2.45, 2.75) is 52.5 Å². The maximum absolute atomic E-state index is 5.85. The van der Waals surface area contributed by atoms with Gasteiger partial charge in [0.1, 0.15) is 5.82 Å². The highest BCUT2D eigenvalue weighted by Gasteiger charge is 2.07. The molecular formula is C15H27N3.